The van der Waals surface area contributed by atoms with Crippen molar-refractivity contribution in [3.8, 4) is 17.2 Å². The third-order valence-electron chi connectivity index (χ3n) is 4.54. The summed E-state index contributed by atoms with van der Waals surface area (Å²) in [5, 5.41) is 9.04. The number of nitrogens with zero attached hydrogens (tertiary/aromatic N) is 1. The van der Waals surface area contributed by atoms with Gasteiger partial charge in [0.05, 0.1) is 26.6 Å². The Morgan fingerprint density at radius 1 is 1.21 bits per heavy atom. The molecule has 0 radical (unpaired) electrons. The zero-order valence-corrected chi connectivity index (χ0v) is 15.9. The van der Waals surface area contributed by atoms with Crippen molar-refractivity contribution in [2.75, 3.05) is 20.3 Å². The summed E-state index contributed by atoms with van der Waals surface area (Å²) in [4.78, 5) is 24.5. The number of hydrogen-bond donors (Lipinski definition) is 1. The van der Waals surface area contributed by atoms with E-state index in [1.165, 1.54) is 7.11 Å². The number of ether oxygens (including phenoxy) is 3. The highest BCUT2D eigenvalue weighted by molar-refractivity contribution is 6.51. The number of aliphatic carboxylic acids is 1. The molecular weight excluding hydrogens is 361 g/mol. The average Bonchev–Trinajstić information content (AvgIpc) is 3.07. The standard InChI is InChI=1S/C20H22BNO6/c1-21-15-4-6-16(14(11-15)12-22-7-8-27-20(22)25)28-18-9-13(10-19(23)24)3-5-17(18)26-2/h3-6,9,11,21H,7-8,10,12H2,1-2H3,(H,23,24). The molecular formula is C20H22BNO6. The van der Waals surface area contributed by atoms with Gasteiger partial charge in [-0.05, 0) is 23.8 Å². The Hall–Kier alpha value is -3.16. The quantitative estimate of drug-likeness (QED) is 0.704. The predicted octanol–water partition coefficient (Wildman–Crippen LogP) is 2.18. The molecule has 0 aromatic heterocycles. The summed E-state index contributed by atoms with van der Waals surface area (Å²) in [5.41, 5.74) is 2.59. The lowest BCUT2D eigenvalue weighted by Crippen LogP contribution is -2.25. The van der Waals surface area contributed by atoms with Gasteiger partial charge in [-0.2, -0.15) is 0 Å². The van der Waals surface area contributed by atoms with Gasteiger partial charge in [0.2, 0.25) is 0 Å². The van der Waals surface area contributed by atoms with E-state index in [1.807, 2.05) is 18.2 Å². The molecule has 0 atom stereocenters. The molecule has 1 saturated heterocycles. The fourth-order valence-electron chi connectivity index (χ4n) is 3.05. The molecule has 146 valence electrons. The normalized spacial score (nSPS) is 13.2. The van der Waals surface area contributed by atoms with E-state index in [0.717, 1.165) is 18.3 Å². The van der Waals surface area contributed by atoms with Gasteiger partial charge >= 0.3 is 12.1 Å². The van der Waals surface area contributed by atoms with Crippen molar-refractivity contribution in [3.63, 3.8) is 0 Å². The molecule has 1 aliphatic heterocycles. The number of rotatable bonds is 8. The van der Waals surface area contributed by atoms with E-state index in [1.54, 1.807) is 23.1 Å². The molecule has 0 saturated carbocycles. The molecule has 0 spiro atoms. The molecule has 28 heavy (non-hydrogen) atoms. The molecule has 1 heterocycles. The van der Waals surface area contributed by atoms with Crippen LogP contribution in [0.1, 0.15) is 11.1 Å². The van der Waals surface area contributed by atoms with E-state index in [0.29, 0.717) is 42.5 Å². The van der Waals surface area contributed by atoms with Gasteiger partial charge in [0.15, 0.2) is 18.8 Å². The average molecular weight is 383 g/mol. The lowest BCUT2D eigenvalue weighted by atomic mass is 9.73. The molecule has 0 unspecified atom stereocenters. The number of hydrogen-bond acceptors (Lipinski definition) is 5. The fourth-order valence-corrected chi connectivity index (χ4v) is 3.05. The molecule has 2 aromatic rings. The summed E-state index contributed by atoms with van der Waals surface area (Å²) in [6.07, 6.45) is -0.449. The van der Waals surface area contributed by atoms with Gasteiger partial charge in [-0.25, -0.2) is 4.79 Å². The van der Waals surface area contributed by atoms with E-state index < -0.39 is 5.97 Å². The predicted molar refractivity (Wildman–Crippen MR) is 105 cm³/mol. The first-order valence-corrected chi connectivity index (χ1v) is 9.10. The van der Waals surface area contributed by atoms with Crippen LogP contribution >= 0.6 is 0 Å². The first kappa shape index (κ1) is 19.6. The molecule has 1 aliphatic rings. The van der Waals surface area contributed by atoms with Gasteiger partial charge in [-0.3, -0.25) is 4.79 Å². The number of carboxylic acids is 1. The van der Waals surface area contributed by atoms with Crippen LogP contribution < -0.4 is 14.9 Å². The Bertz CT molecular complexity index is 885. The molecule has 7 nitrogen and oxygen atoms in total. The van der Waals surface area contributed by atoms with E-state index in [2.05, 4.69) is 6.82 Å². The lowest BCUT2D eigenvalue weighted by molar-refractivity contribution is -0.136. The Morgan fingerprint density at radius 3 is 2.64 bits per heavy atom. The second-order valence-electron chi connectivity index (χ2n) is 6.49. The topological polar surface area (TPSA) is 85.3 Å². The summed E-state index contributed by atoms with van der Waals surface area (Å²) in [7, 11) is 2.38. The van der Waals surface area contributed by atoms with E-state index >= 15 is 0 Å². The van der Waals surface area contributed by atoms with Gasteiger partial charge in [0.1, 0.15) is 12.4 Å². The maximum Gasteiger partial charge on any atom is 0.410 e. The first-order valence-electron chi connectivity index (χ1n) is 9.10. The van der Waals surface area contributed by atoms with Crippen molar-refractivity contribution in [1.82, 2.24) is 4.90 Å². The maximum absolute atomic E-state index is 11.8. The first-order chi connectivity index (χ1) is 13.5. The molecule has 1 amide bonds. The van der Waals surface area contributed by atoms with Crippen molar-refractivity contribution < 1.29 is 28.9 Å². The van der Waals surface area contributed by atoms with Crippen LogP contribution in [0.25, 0.3) is 0 Å². The van der Waals surface area contributed by atoms with Crippen LogP contribution in [0, 0.1) is 0 Å². The molecule has 1 N–H and O–H groups in total. The Morgan fingerprint density at radius 2 is 2.00 bits per heavy atom. The highest BCUT2D eigenvalue weighted by Gasteiger charge is 2.23. The molecule has 1 fully saturated rings. The molecule has 3 rings (SSSR count). The number of amides is 1. The van der Waals surface area contributed by atoms with Crippen LogP contribution in [0.4, 0.5) is 4.79 Å². The smallest absolute Gasteiger partial charge is 0.410 e. The largest absolute Gasteiger partial charge is 0.493 e. The highest BCUT2D eigenvalue weighted by Crippen LogP contribution is 2.34. The van der Waals surface area contributed by atoms with Crippen LogP contribution in [0.15, 0.2) is 36.4 Å². The lowest BCUT2D eigenvalue weighted by Gasteiger charge is -2.18. The number of benzene rings is 2. The minimum Gasteiger partial charge on any atom is -0.493 e. The van der Waals surface area contributed by atoms with Gasteiger partial charge in [0, 0.05) is 5.56 Å². The van der Waals surface area contributed by atoms with Crippen molar-refractivity contribution in [1.29, 1.82) is 0 Å². The van der Waals surface area contributed by atoms with Crippen molar-refractivity contribution in [3.05, 3.63) is 47.5 Å². The fraction of sp³-hybridized carbons (Fsp3) is 0.300. The highest BCUT2D eigenvalue weighted by atomic mass is 16.6. The number of carboxylic acid groups (broad SMARTS) is 1. The molecule has 0 bridgehead atoms. The number of carbonyl (C=O) groups is 2. The van der Waals surface area contributed by atoms with Gasteiger partial charge in [-0.15, -0.1) is 0 Å². The van der Waals surface area contributed by atoms with Crippen LogP contribution in [-0.2, 0) is 22.5 Å². The third-order valence-corrected chi connectivity index (χ3v) is 4.54. The summed E-state index contributed by atoms with van der Waals surface area (Å²) >= 11 is 0. The summed E-state index contributed by atoms with van der Waals surface area (Å²) in [5.74, 6) is 0.593. The SMILES string of the molecule is CBc1ccc(Oc2cc(CC(=O)O)ccc2OC)c(CN2CCOC2=O)c1. The minimum absolute atomic E-state index is 0.110. The molecule has 8 heteroatoms. The van der Waals surface area contributed by atoms with Gasteiger partial charge < -0.3 is 24.2 Å². The minimum atomic E-state index is -0.920. The number of cyclic esters (lactones) is 1. The van der Waals surface area contributed by atoms with Crippen molar-refractivity contribution in [2.45, 2.75) is 19.8 Å². The monoisotopic (exact) mass is 383 g/mol. The van der Waals surface area contributed by atoms with E-state index in [-0.39, 0.29) is 12.5 Å². The number of carbonyl (C=O) groups excluding carboxylic acids is 1. The number of methoxy groups -OCH3 is 1. The second-order valence-corrected chi connectivity index (χ2v) is 6.49. The van der Waals surface area contributed by atoms with Crippen molar-refractivity contribution >= 4 is 24.8 Å². The summed E-state index contributed by atoms with van der Waals surface area (Å²) in [6.45, 7) is 3.35. The zero-order valence-electron chi connectivity index (χ0n) is 15.9. The Kier molecular flexibility index (Phi) is 6.08. The summed E-state index contributed by atoms with van der Waals surface area (Å²) in [6, 6.07) is 10.9. The van der Waals surface area contributed by atoms with E-state index in [4.69, 9.17) is 19.3 Å². The van der Waals surface area contributed by atoms with E-state index in [9.17, 15) is 9.59 Å². The molecule has 0 aliphatic carbocycles. The maximum atomic E-state index is 11.8. The van der Waals surface area contributed by atoms with Crippen LogP contribution in [-0.4, -0.2) is 49.6 Å². The Labute approximate surface area is 164 Å². The second kappa shape index (κ2) is 8.69. The van der Waals surface area contributed by atoms with Crippen LogP contribution in [0.3, 0.4) is 0 Å². The van der Waals surface area contributed by atoms with Crippen LogP contribution in [0.5, 0.6) is 17.2 Å². The van der Waals surface area contributed by atoms with Gasteiger partial charge in [0.25, 0.3) is 0 Å². The molecule has 2 aromatic carbocycles. The van der Waals surface area contributed by atoms with Gasteiger partial charge in [-0.1, -0.05) is 30.5 Å². The van der Waals surface area contributed by atoms with Crippen molar-refractivity contribution in [2.24, 2.45) is 0 Å². The third kappa shape index (κ3) is 4.57. The summed E-state index contributed by atoms with van der Waals surface area (Å²) < 4.78 is 16.5. The van der Waals surface area contributed by atoms with Crippen LogP contribution in [0.2, 0.25) is 6.82 Å². The Balaban J connectivity index is 1.92. The zero-order chi connectivity index (χ0) is 20.1.